The number of esters is 1. The zero-order valence-electron chi connectivity index (χ0n) is 12.7. The summed E-state index contributed by atoms with van der Waals surface area (Å²) >= 11 is 0. The van der Waals surface area contributed by atoms with Crippen LogP contribution in [-0.4, -0.2) is 31.9 Å². The van der Waals surface area contributed by atoms with E-state index in [1.54, 1.807) is 17.8 Å². The zero-order chi connectivity index (χ0) is 15.4. The lowest BCUT2D eigenvalue weighted by Crippen LogP contribution is -2.11. The van der Waals surface area contributed by atoms with Crippen molar-refractivity contribution in [1.82, 2.24) is 19.3 Å². The Balaban J connectivity index is 1.95. The number of hydrogen-bond acceptors (Lipinski definition) is 5. The summed E-state index contributed by atoms with van der Waals surface area (Å²) in [4.78, 5) is 15.7. The number of aromatic nitrogens is 4. The maximum absolute atomic E-state index is 11.6. The molecule has 0 aliphatic heterocycles. The topological polar surface area (TPSA) is 88.0 Å². The molecule has 0 aromatic carbocycles. The standard InChI is InChI=1S/C14H21N5O2/c1-4-21-14(20)12-13(15)18(9-16-12)6-5-7-19-11(3)8-10(2)17-19/h8-9H,4-7,15H2,1-3H3. The second-order valence-corrected chi connectivity index (χ2v) is 4.90. The van der Waals surface area contributed by atoms with Gasteiger partial charge in [0.25, 0.3) is 0 Å². The highest BCUT2D eigenvalue weighted by molar-refractivity contribution is 5.92. The van der Waals surface area contributed by atoms with Gasteiger partial charge in [-0.1, -0.05) is 0 Å². The summed E-state index contributed by atoms with van der Waals surface area (Å²) in [6, 6.07) is 2.05. The Morgan fingerprint density at radius 2 is 2.14 bits per heavy atom. The Hall–Kier alpha value is -2.31. The molecule has 0 unspecified atom stereocenters. The molecule has 7 nitrogen and oxygen atoms in total. The molecule has 0 fully saturated rings. The van der Waals surface area contributed by atoms with E-state index >= 15 is 0 Å². The lowest BCUT2D eigenvalue weighted by Gasteiger charge is -2.07. The van der Waals surface area contributed by atoms with Crippen LogP contribution in [0.2, 0.25) is 0 Å². The van der Waals surface area contributed by atoms with Crippen LogP contribution in [0.5, 0.6) is 0 Å². The fourth-order valence-electron chi connectivity index (χ4n) is 2.22. The number of anilines is 1. The highest BCUT2D eigenvalue weighted by Crippen LogP contribution is 2.12. The fraction of sp³-hybridized carbons (Fsp3) is 0.500. The SMILES string of the molecule is CCOC(=O)c1ncn(CCCn2nc(C)cc2C)c1N. The van der Waals surface area contributed by atoms with Crippen LogP contribution in [0.25, 0.3) is 0 Å². The van der Waals surface area contributed by atoms with Crippen LogP contribution in [0.1, 0.15) is 35.2 Å². The third-order valence-electron chi connectivity index (χ3n) is 3.22. The van der Waals surface area contributed by atoms with E-state index in [-0.39, 0.29) is 5.69 Å². The Morgan fingerprint density at radius 3 is 2.76 bits per heavy atom. The molecule has 0 saturated heterocycles. The van der Waals surface area contributed by atoms with Crippen LogP contribution in [0, 0.1) is 13.8 Å². The van der Waals surface area contributed by atoms with Crippen LogP contribution >= 0.6 is 0 Å². The van der Waals surface area contributed by atoms with Crippen molar-refractivity contribution in [2.24, 2.45) is 0 Å². The molecule has 2 rings (SSSR count). The van der Waals surface area contributed by atoms with E-state index < -0.39 is 5.97 Å². The molecule has 7 heteroatoms. The Labute approximate surface area is 123 Å². The van der Waals surface area contributed by atoms with Gasteiger partial charge in [-0.25, -0.2) is 9.78 Å². The van der Waals surface area contributed by atoms with Gasteiger partial charge in [-0.05, 0) is 33.3 Å². The largest absolute Gasteiger partial charge is 0.461 e. The highest BCUT2D eigenvalue weighted by Gasteiger charge is 2.16. The minimum atomic E-state index is -0.479. The van der Waals surface area contributed by atoms with Gasteiger partial charge >= 0.3 is 5.97 Å². The molecule has 0 amide bonds. The van der Waals surface area contributed by atoms with Crippen molar-refractivity contribution in [2.75, 3.05) is 12.3 Å². The average Bonchev–Trinajstić information content (AvgIpc) is 2.94. The quantitative estimate of drug-likeness (QED) is 0.816. The van der Waals surface area contributed by atoms with Crippen LogP contribution in [0.15, 0.2) is 12.4 Å². The van der Waals surface area contributed by atoms with Crippen molar-refractivity contribution in [2.45, 2.75) is 40.3 Å². The number of ether oxygens (including phenoxy) is 1. The van der Waals surface area contributed by atoms with Crippen LogP contribution in [0.4, 0.5) is 5.82 Å². The molecule has 2 aromatic rings. The number of rotatable bonds is 6. The third kappa shape index (κ3) is 3.42. The number of carbonyl (C=O) groups is 1. The summed E-state index contributed by atoms with van der Waals surface area (Å²) in [5.41, 5.74) is 8.26. The van der Waals surface area contributed by atoms with Crippen molar-refractivity contribution in [3.63, 3.8) is 0 Å². The zero-order valence-corrected chi connectivity index (χ0v) is 12.7. The first kappa shape index (κ1) is 15.1. The minimum absolute atomic E-state index is 0.183. The molecule has 0 spiro atoms. The number of hydrogen-bond donors (Lipinski definition) is 1. The minimum Gasteiger partial charge on any atom is -0.461 e. The normalized spacial score (nSPS) is 10.8. The summed E-state index contributed by atoms with van der Waals surface area (Å²) in [5, 5.41) is 4.41. The number of nitrogen functional groups attached to an aromatic ring is 1. The van der Waals surface area contributed by atoms with E-state index in [0.29, 0.717) is 19.0 Å². The van der Waals surface area contributed by atoms with Gasteiger partial charge in [-0.15, -0.1) is 0 Å². The van der Waals surface area contributed by atoms with Gasteiger partial charge in [0, 0.05) is 18.8 Å². The van der Waals surface area contributed by atoms with Gasteiger partial charge in [0.2, 0.25) is 0 Å². The smallest absolute Gasteiger partial charge is 0.360 e. The summed E-state index contributed by atoms with van der Waals surface area (Å²) in [7, 11) is 0. The van der Waals surface area contributed by atoms with E-state index in [9.17, 15) is 4.79 Å². The third-order valence-corrected chi connectivity index (χ3v) is 3.22. The fourth-order valence-corrected chi connectivity index (χ4v) is 2.22. The van der Waals surface area contributed by atoms with E-state index in [1.165, 1.54) is 0 Å². The summed E-state index contributed by atoms with van der Waals surface area (Å²) < 4.78 is 8.63. The lowest BCUT2D eigenvalue weighted by molar-refractivity contribution is 0.0521. The summed E-state index contributed by atoms with van der Waals surface area (Å²) in [6.45, 7) is 7.54. The summed E-state index contributed by atoms with van der Waals surface area (Å²) in [6.07, 6.45) is 2.42. The van der Waals surface area contributed by atoms with Gasteiger partial charge in [0.1, 0.15) is 5.82 Å². The van der Waals surface area contributed by atoms with E-state index in [4.69, 9.17) is 10.5 Å². The van der Waals surface area contributed by atoms with Crippen LogP contribution < -0.4 is 5.73 Å². The van der Waals surface area contributed by atoms with E-state index in [0.717, 1.165) is 24.4 Å². The predicted molar refractivity (Wildman–Crippen MR) is 78.9 cm³/mol. The maximum Gasteiger partial charge on any atom is 0.360 e. The predicted octanol–water partition coefficient (Wildman–Crippen LogP) is 1.55. The van der Waals surface area contributed by atoms with Gasteiger partial charge in [0.05, 0.1) is 18.6 Å². The number of nitrogens with two attached hydrogens (primary N) is 1. The highest BCUT2D eigenvalue weighted by atomic mass is 16.5. The molecule has 2 N–H and O–H groups in total. The molecule has 2 aromatic heterocycles. The second kappa shape index (κ2) is 6.43. The number of aryl methyl sites for hydroxylation is 4. The molecule has 0 aliphatic rings. The molecule has 0 bridgehead atoms. The number of nitrogens with zero attached hydrogens (tertiary/aromatic N) is 4. The van der Waals surface area contributed by atoms with Crippen LogP contribution in [0.3, 0.4) is 0 Å². The van der Waals surface area contributed by atoms with Gasteiger partial charge in [-0.3, -0.25) is 4.68 Å². The molecule has 0 radical (unpaired) electrons. The Morgan fingerprint density at radius 1 is 1.38 bits per heavy atom. The number of imidazole rings is 1. The first-order valence-corrected chi connectivity index (χ1v) is 7.01. The van der Waals surface area contributed by atoms with Crippen LogP contribution in [-0.2, 0) is 17.8 Å². The van der Waals surface area contributed by atoms with Crippen molar-refractivity contribution in [3.8, 4) is 0 Å². The first-order chi connectivity index (χ1) is 10.0. The van der Waals surface area contributed by atoms with Crippen molar-refractivity contribution in [3.05, 3.63) is 29.5 Å². The summed E-state index contributed by atoms with van der Waals surface area (Å²) in [5.74, 6) is -0.130. The monoisotopic (exact) mass is 291 g/mol. The second-order valence-electron chi connectivity index (χ2n) is 4.90. The molecule has 2 heterocycles. The lowest BCUT2D eigenvalue weighted by atomic mass is 10.3. The Bertz CT molecular complexity index is 629. The molecular weight excluding hydrogens is 270 g/mol. The first-order valence-electron chi connectivity index (χ1n) is 7.01. The molecule has 0 atom stereocenters. The molecule has 0 saturated carbocycles. The van der Waals surface area contributed by atoms with Crippen molar-refractivity contribution in [1.29, 1.82) is 0 Å². The van der Waals surface area contributed by atoms with Gasteiger partial charge < -0.3 is 15.0 Å². The van der Waals surface area contributed by atoms with Crippen molar-refractivity contribution >= 4 is 11.8 Å². The average molecular weight is 291 g/mol. The van der Waals surface area contributed by atoms with E-state index in [2.05, 4.69) is 10.1 Å². The molecule has 21 heavy (non-hydrogen) atoms. The number of carbonyl (C=O) groups excluding carboxylic acids is 1. The Kier molecular flexibility index (Phi) is 4.62. The maximum atomic E-state index is 11.6. The van der Waals surface area contributed by atoms with Gasteiger partial charge in [0.15, 0.2) is 5.69 Å². The van der Waals surface area contributed by atoms with Crippen molar-refractivity contribution < 1.29 is 9.53 Å². The van der Waals surface area contributed by atoms with E-state index in [1.807, 2.05) is 24.6 Å². The molecular formula is C14H21N5O2. The van der Waals surface area contributed by atoms with Gasteiger partial charge in [-0.2, -0.15) is 5.10 Å². The molecule has 0 aliphatic carbocycles. The molecule has 114 valence electrons.